The molecular formula is C23H24N2O5. The standard InChI is InChI=1S/C23H24N2O5/c1-14(2)20-19(15(3)25-30-20)23(27)29-21(16-9-6-5-7-10-16)22(26)24-17-11-8-12-18(13-17)28-4/h5-14,21H,1-4H3,(H,24,26)/t21-/m1/s1. The largest absolute Gasteiger partial charge is 0.497 e. The van der Waals surface area contributed by atoms with E-state index in [-0.39, 0.29) is 11.5 Å². The molecule has 3 rings (SSSR count). The quantitative estimate of drug-likeness (QED) is 0.572. The third-order valence-corrected chi connectivity index (χ3v) is 4.52. The monoisotopic (exact) mass is 408 g/mol. The Bertz CT molecular complexity index is 1030. The Morgan fingerprint density at radius 1 is 1.07 bits per heavy atom. The molecule has 0 spiro atoms. The van der Waals surface area contributed by atoms with Crippen LogP contribution in [0.2, 0.25) is 0 Å². The molecule has 1 amide bonds. The van der Waals surface area contributed by atoms with Crippen molar-refractivity contribution in [1.82, 2.24) is 5.16 Å². The van der Waals surface area contributed by atoms with Crippen LogP contribution < -0.4 is 10.1 Å². The van der Waals surface area contributed by atoms with Gasteiger partial charge in [-0.25, -0.2) is 4.79 Å². The molecule has 1 heterocycles. The number of nitrogens with one attached hydrogen (secondary N) is 1. The maximum atomic E-state index is 13.1. The van der Waals surface area contributed by atoms with E-state index in [4.69, 9.17) is 14.0 Å². The number of benzene rings is 2. The van der Waals surface area contributed by atoms with Gasteiger partial charge in [0.15, 0.2) is 5.76 Å². The lowest BCUT2D eigenvalue weighted by Gasteiger charge is -2.18. The van der Waals surface area contributed by atoms with Crippen LogP contribution in [0, 0.1) is 6.92 Å². The summed E-state index contributed by atoms with van der Waals surface area (Å²) in [5.41, 5.74) is 1.75. The first-order chi connectivity index (χ1) is 14.4. The van der Waals surface area contributed by atoms with Gasteiger partial charge in [0.25, 0.3) is 5.91 Å². The van der Waals surface area contributed by atoms with Crippen molar-refractivity contribution in [3.05, 3.63) is 77.2 Å². The van der Waals surface area contributed by atoms with Crippen LogP contribution in [0.4, 0.5) is 5.69 Å². The second-order valence-corrected chi connectivity index (χ2v) is 7.08. The predicted octanol–water partition coefficient (Wildman–Crippen LogP) is 4.65. The van der Waals surface area contributed by atoms with E-state index < -0.39 is 18.0 Å². The number of nitrogens with zero attached hydrogens (tertiary/aromatic N) is 1. The number of aryl methyl sites for hydroxylation is 1. The minimum atomic E-state index is -1.15. The lowest BCUT2D eigenvalue weighted by molar-refractivity contribution is -0.125. The molecule has 0 unspecified atom stereocenters. The topological polar surface area (TPSA) is 90.7 Å². The molecule has 0 saturated heterocycles. The smallest absolute Gasteiger partial charge is 0.344 e. The van der Waals surface area contributed by atoms with Crippen molar-refractivity contribution in [2.24, 2.45) is 0 Å². The second-order valence-electron chi connectivity index (χ2n) is 7.08. The number of aromatic nitrogens is 1. The van der Waals surface area contributed by atoms with Crippen molar-refractivity contribution >= 4 is 17.6 Å². The van der Waals surface area contributed by atoms with Crippen LogP contribution in [0.25, 0.3) is 0 Å². The highest BCUT2D eigenvalue weighted by Crippen LogP contribution is 2.27. The Labute approximate surface area is 175 Å². The number of methoxy groups -OCH3 is 1. The average Bonchev–Trinajstić information content (AvgIpc) is 3.14. The molecule has 1 aromatic heterocycles. The maximum absolute atomic E-state index is 13.1. The first-order valence-electron chi connectivity index (χ1n) is 9.57. The molecule has 0 bridgehead atoms. The number of hydrogen-bond acceptors (Lipinski definition) is 6. The Morgan fingerprint density at radius 3 is 2.47 bits per heavy atom. The summed E-state index contributed by atoms with van der Waals surface area (Å²) in [6.45, 7) is 5.45. The Hall–Kier alpha value is -3.61. The van der Waals surface area contributed by atoms with Gasteiger partial charge < -0.3 is 19.3 Å². The SMILES string of the molecule is COc1cccc(NC(=O)[C@H](OC(=O)c2c(C)noc2C(C)C)c2ccccc2)c1. The van der Waals surface area contributed by atoms with Crippen LogP contribution in [0.3, 0.4) is 0 Å². The molecule has 0 aliphatic heterocycles. The molecular weight excluding hydrogens is 384 g/mol. The van der Waals surface area contributed by atoms with Gasteiger partial charge in [-0.1, -0.05) is 55.4 Å². The molecule has 0 fully saturated rings. The molecule has 0 radical (unpaired) electrons. The number of esters is 1. The summed E-state index contributed by atoms with van der Waals surface area (Å²) in [6.07, 6.45) is -1.15. The van der Waals surface area contributed by atoms with Crippen LogP contribution in [0.15, 0.2) is 59.1 Å². The molecule has 7 nitrogen and oxygen atoms in total. The first-order valence-corrected chi connectivity index (χ1v) is 9.57. The van der Waals surface area contributed by atoms with Crippen LogP contribution in [0.1, 0.15) is 53.2 Å². The molecule has 3 aromatic rings. The van der Waals surface area contributed by atoms with Crippen molar-refractivity contribution < 1.29 is 23.6 Å². The molecule has 2 aromatic carbocycles. The highest BCUT2D eigenvalue weighted by atomic mass is 16.6. The van der Waals surface area contributed by atoms with Crippen molar-refractivity contribution in [1.29, 1.82) is 0 Å². The average molecular weight is 408 g/mol. The van der Waals surface area contributed by atoms with Gasteiger partial charge in [0.05, 0.1) is 12.8 Å². The van der Waals surface area contributed by atoms with E-state index in [2.05, 4.69) is 10.5 Å². The minimum absolute atomic E-state index is 0.0606. The van der Waals surface area contributed by atoms with Gasteiger partial charge >= 0.3 is 5.97 Å². The highest BCUT2D eigenvalue weighted by molar-refractivity contribution is 5.98. The van der Waals surface area contributed by atoms with Crippen molar-refractivity contribution in [3.63, 3.8) is 0 Å². The van der Waals surface area contributed by atoms with Crippen molar-refractivity contribution in [2.75, 3.05) is 12.4 Å². The summed E-state index contributed by atoms with van der Waals surface area (Å²) < 4.78 is 16.1. The fraction of sp³-hybridized carbons (Fsp3) is 0.261. The summed E-state index contributed by atoms with van der Waals surface area (Å²) in [5, 5.41) is 6.66. The summed E-state index contributed by atoms with van der Waals surface area (Å²) >= 11 is 0. The van der Waals surface area contributed by atoms with E-state index >= 15 is 0 Å². The first kappa shape index (κ1) is 21.1. The van der Waals surface area contributed by atoms with E-state index in [1.165, 1.54) is 0 Å². The summed E-state index contributed by atoms with van der Waals surface area (Å²) in [5.74, 6) is -0.176. The zero-order chi connectivity index (χ0) is 21.7. The second kappa shape index (κ2) is 9.26. The molecule has 30 heavy (non-hydrogen) atoms. The van der Waals surface area contributed by atoms with Crippen LogP contribution in [0.5, 0.6) is 5.75 Å². The molecule has 7 heteroatoms. The number of anilines is 1. The zero-order valence-corrected chi connectivity index (χ0v) is 17.3. The number of carbonyl (C=O) groups excluding carboxylic acids is 2. The van der Waals surface area contributed by atoms with Gasteiger partial charge in [0, 0.05) is 23.2 Å². The van der Waals surface area contributed by atoms with Gasteiger partial charge in [-0.05, 0) is 19.1 Å². The van der Waals surface area contributed by atoms with E-state index in [0.717, 1.165) is 0 Å². The van der Waals surface area contributed by atoms with E-state index in [0.29, 0.717) is 28.5 Å². The third kappa shape index (κ3) is 4.68. The number of amides is 1. The fourth-order valence-corrected chi connectivity index (χ4v) is 3.00. The molecule has 156 valence electrons. The Morgan fingerprint density at radius 2 is 1.80 bits per heavy atom. The summed E-state index contributed by atoms with van der Waals surface area (Å²) in [7, 11) is 1.54. The van der Waals surface area contributed by atoms with Gasteiger partial charge in [0.1, 0.15) is 11.3 Å². The van der Waals surface area contributed by atoms with Gasteiger partial charge in [-0.2, -0.15) is 0 Å². The van der Waals surface area contributed by atoms with Crippen molar-refractivity contribution in [2.45, 2.75) is 32.8 Å². The highest BCUT2D eigenvalue weighted by Gasteiger charge is 2.30. The van der Waals surface area contributed by atoms with Gasteiger partial charge in [0.2, 0.25) is 6.10 Å². The fourth-order valence-electron chi connectivity index (χ4n) is 3.00. The van der Waals surface area contributed by atoms with Crippen LogP contribution in [-0.4, -0.2) is 24.1 Å². The Kier molecular flexibility index (Phi) is 6.51. The van der Waals surface area contributed by atoms with Crippen LogP contribution in [-0.2, 0) is 9.53 Å². The lowest BCUT2D eigenvalue weighted by atomic mass is 10.0. The molecule has 0 aliphatic carbocycles. The third-order valence-electron chi connectivity index (χ3n) is 4.52. The van der Waals surface area contributed by atoms with Crippen molar-refractivity contribution in [3.8, 4) is 5.75 Å². The van der Waals surface area contributed by atoms with E-state index in [1.54, 1.807) is 62.6 Å². The van der Waals surface area contributed by atoms with E-state index in [9.17, 15) is 9.59 Å². The molecule has 0 aliphatic rings. The van der Waals surface area contributed by atoms with Gasteiger partial charge in [-0.3, -0.25) is 4.79 Å². The predicted molar refractivity (Wildman–Crippen MR) is 112 cm³/mol. The van der Waals surface area contributed by atoms with Gasteiger partial charge in [-0.15, -0.1) is 0 Å². The maximum Gasteiger partial charge on any atom is 0.344 e. The lowest BCUT2D eigenvalue weighted by Crippen LogP contribution is -2.26. The minimum Gasteiger partial charge on any atom is -0.497 e. The summed E-state index contributed by atoms with van der Waals surface area (Å²) in [6, 6.07) is 15.8. The number of rotatable bonds is 7. The Balaban J connectivity index is 1.89. The number of carbonyl (C=O) groups is 2. The number of hydrogen-bond donors (Lipinski definition) is 1. The van der Waals surface area contributed by atoms with E-state index in [1.807, 2.05) is 19.9 Å². The zero-order valence-electron chi connectivity index (χ0n) is 17.3. The molecule has 0 saturated carbocycles. The molecule has 1 atom stereocenters. The molecule has 1 N–H and O–H groups in total. The summed E-state index contributed by atoms with van der Waals surface area (Å²) in [4.78, 5) is 26.0. The normalized spacial score (nSPS) is 11.8. The number of ether oxygens (including phenoxy) is 2. The van der Waals surface area contributed by atoms with Crippen LogP contribution >= 0.6 is 0 Å².